The molecule has 0 unspecified atom stereocenters. The second-order valence-corrected chi connectivity index (χ2v) is 9.32. The quantitative estimate of drug-likeness (QED) is 0.226. The monoisotopic (exact) mass is 465 g/mol. The van der Waals surface area contributed by atoms with Crippen LogP contribution in [0.25, 0.3) is 11.6 Å². The van der Waals surface area contributed by atoms with Crippen LogP contribution in [0.1, 0.15) is 33.4 Å². The van der Waals surface area contributed by atoms with Gasteiger partial charge in [-0.3, -0.25) is 0 Å². The highest BCUT2D eigenvalue weighted by Gasteiger charge is 2.13. The lowest BCUT2D eigenvalue weighted by Crippen LogP contribution is -2.10. The molecule has 0 atom stereocenters. The molecule has 0 amide bonds. The number of rotatable bonds is 6. The molecule has 0 saturated carbocycles. The zero-order valence-corrected chi connectivity index (χ0v) is 21.1. The smallest absolute Gasteiger partial charge is 0.0464 e. The van der Waals surface area contributed by atoms with Gasteiger partial charge in [-0.15, -0.1) is 0 Å². The minimum absolute atomic E-state index is 1.14. The zero-order valence-electron chi connectivity index (χ0n) is 21.1. The van der Waals surface area contributed by atoms with E-state index in [0.717, 1.165) is 11.4 Å². The van der Waals surface area contributed by atoms with Gasteiger partial charge < -0.3 is 4.90 Å². The van der Waals surface area contributed by atoms with Gasteiger partial charge in [0, 0.05) is 17.1 Å². The summed E-state index contributed by atoms with van der Waals surface area (Å²) in [6.45, 7) is 6.46. The van der Waals surface area contributed by atoms with Crippen molar-refractivity contribution in [1.29, 1.82) is 0 Å². The molecule has 5 aromatic rings. The number of aryl methyl sites for hydroxylation is 3. The standard InChI is InChI=1S/C35H31N/c1-26-14-19-32(20-15-26)36(34-21-16-27(2)28(3)24-34)33-22-17-29(18-23-33)25-35(30-10-6-4-7-11-30)31-12-8-5-9-13-31/h4-25H,1-3H3. The van der Waals surface area contributed by atoms with Gasteiger partial charge in [0.05, 0.1) is 0 Å². The van der Waals surface area contributed by atoms with E-state index in [4.69, 9.17) is 0 Å². The van der Waals surface area contributed by atoms with Crippen LogP contribution in [0.3, 0.4) is 0 Å². The first-order valence-electron chi connectivity index (χ1n) is 12.5. The molecule has 0 aromatic heterocycles. The van der Waals surface area contributed by atoms with Gasteiger partial charge in [0.1, 0.15) is 0 Å². The van der Waals surface area contributed by atoms with Crippen molar-refractivity contribution < 1.29 is 0 Å². The molecule has 5 rings (SSSR count). The molecule has 0 aliphatic carbocycles. The third-order valence-corrected chi connectivity index (χ3v) is 6.67. The summed E-state index contributed by atoms with van der Waals surface area (Å²) in [4.78, 5) is 2.33. The Kier molecular flexibility index (Phi) is 6.82. The van der Waals surface area contributed by atoms with Crippen molar-refractivity contribution in [3.05, 3.63) is 161 Å². The van der Waals surface area contributed by atoms with Crippen molar-refractivity contribution in [2.45, 2.75) is 20.8 Å². The normalized spacial score (nSPS) is 10.6. The van der Waals surface area contributed by atoms with Crippen molar-refractivity contribution in [3.8, 4) is 0 Å². The lowest BCUT2D eigenvalue weighted by Gasteiger charge is -2.26. The molecule has 1 heteroatoms. The van der Waals surface area contributed by atoms with E-state index >= 15 is 0 Å². The molecule has 0 radical (unpaired) electrons. The predicted molar refractivity (Wildman–Crippen MR) is 155 cm³/mol. The summed E-state index contributed by atoms with van der Waals surface area (Å²) < 4.78 is 0. The van der Waals surface area contributed by atoms with Crippen LogP contribution in [0.5, 0.6) is 0 Å². The van der Waals surface area contributed by atoms with Gasteiger partial charge in [-0.25, -0.2) is 0 Å². The van der Waals surface area contributed by atoms with Crippen LogP contribution in [-0.2, 0) is 0 Å². The van der Waals surface area contributed by atoms with Crippen LogP contribution in [-0.4, -0.2) is 0 Å². The number of hydrogen-bond donors (Lipinski definition) is 0. The van der Waals surface area contributed by atoms with Crippen molar-refractivity contribution in [2.24, 2.45) is 0 Å². The maximum Gasteiger partial charge on any atom is 0.0464 e. The fourth-order valence-corrected chi connectivity index (χ4v) is 4.46. The first-order valence-corrected chi connectivity index (χ1v) is 12.5. The van der Waals surface area contributed by atoms with E-state index in [1.54, 1.807) is 0 Å². The molecule has 0 fully saturated rings. The molecule has 0 aliphatic heterocycles. The van der Waals surface area contributed by atoms with Gasteiger partial charge >= 0.3 is 0 Å². The number of hydrogen-bond acceptors (Lipinski definition) is 1. The summed E-state index contributed by atoms with van der Waals surface area (Å²) >= 11 is 0. The van der Waals surface area contributed by atoms with Crippen molar-refractivity contribution >= 4 is 28.7 Å². The Labute approximate surface area is 215 Å². The van der Waals surface area contributed by atoms with Crippen LogP contribution in [0.2, 0.25) is 0 Å². The van der Waals surface area contributed by atoms with E-state index in [-0.39, 0.29) is 0 Å². The van der Waals surface area contributed by atoms with Crippen LogP contribution in [0.4, 0.5) is 17.1 Å². The maximum absolute atomic E-state index is 2.33. The molecular formula is C35H31N. The highest BCUT2D eigenvalue weighted by atomic mass is 15.1. The molecule has 176 valence electrons. The highest BCUT2D eigenvalue weighted by Crippen LogP contribution is 2.36. The van der Waals surface area contributed by atoms with Crippen molar-refractivity contribution in [1.82, 2.24) is 0 Å². The maximum atomic E-state index is 2.33. The minimum Gasteiger partial charge on any atom is -0.310 e. The lowest BCUT2D eigenvalue weighted by atomic mass is 9.95. The van der Waals surface area contributed by atoms with E-state index in [0.29, 0.717) is 0 Å². The molecule has 5 aromatic carbocycles. The Hall–Kier alpha value is -4.36. The molecule has 0 spiro atoms. The summed E-state index contributed by atoms with van der Waals surface area (Å²) in [7, 11) is 0. The molecule has 0 heterocycles. The van der Waals surface area contributed by atoms with Crippen LogP contribution in [0.15, 0.2) is 127 Å². The third-order valence-electron chi connectivity index (χ3n) is 6.67. The summed E-state index contributed by atoms with van der Waals surface area (Å²) in [6.07, 6.45) is 2.28. The molecule has 0 bridgehead atoms. The number of anilines is 3. The van der Waals surface area contributed by atoms with E-state index in [2.05, 4.69) is 159 Å². The third kappa shape index (κ3) is 5.16. The fourth-order valence-electron chi connectivity index (χ4n) is 4.46. The van der Waals surface area contributed by atoms with E-state index < -0.39 is 0 Å². The topological polar surface area (TPSA) is 3.24 Å². The molecule has 36 heavy (non-hydrogen) atoms. The van der Waals surface area contributed by atoms with E-state index in [1.165, 1.54) is 44.6 Å². The van der Waals surface area contributed by atoms with Gasteiger partial charge in [0.15, 0.2) is 0 Å². The molecule has 0 N–H and O–H groups in total. The van der Waals surface area contributed by atoms with Crippen LogP contribution < -0.4 is 4.90 Å². The van der Waals surface area contributed by atoms with Gasteiger partial charge in [0.25, 0.3) is 0 Å². The Morgan fingerprint density at radius 1 is 0.500 bits per heavy atom. The lowest BCUT2D eigenvalue weighted by molar-refractivity contribution is 1.24. The molecule has 0 aliphatic rings. The molecule has 1 nitrogen and oxygen atoms in total. The van der Waals surface area contributed by atoms with Gasteiger partial charge in [-0.05, 0) is 96.6 Å². The second-order valence-electron chi connectivity index (χ2n) is 9.32. The van der Waals surface area contributed by atoms with E-state index in [9.17, 15) is 0 Å². The Morgan fingerprint density at radius 2 is 1.00 bits per heavy atom. The highest BCUT2D eigenvalue weighted by molar-refractivity contribution is 5.91. The Morgan fingerprint density at radius 3 is 1.53 bits per heavy atom. The first-order chi connectivity index (χ1) is 17.6. The number of nitrogens with zero attached hydrogens (tertiary/aromatic N) is 1. The Balaban J connectivity index is 1.56. The van der Waals surface area contributed by atoms with E-state index in [1.807, 2.05) is 0 Å². The second kappa shape index (κ2) is 10.5. The van der Waals surface area contributed by atoms with Crippen LogP contribution in [0, 0.1) is 20.8 Å². The van der Waals surface area contributed by atoms with Crippen molar-refractivity contribution in [3.63, 3.8) is 0 Å². The largest absolute Gasteiger partial charge is 0.310 e. The zero-order chi connectivity index (χ0) is 24.9. The first kappa shape index (κ1) is 23.4. The summed E-state index contributed by atoms with van der Waals surface area (Å²) in [6, 6.07) is 45.5. The van der Waals surface area contributed by atoms with Crippen molar-refractivity contribution in [2.75, 3.05) is 4.90 Å². The Bertz CT molecular complexity index is 1420. The predicted octanol–water partition coefficient (Wildman–Crippen LogP) is 9.67. The summed E-state index contributed by atoms with van der Waals surface area (Å²) in [5.74, 6) is 0. The summed E-state index contributed by atoms with van der Waals surface area (Å²) in [5, 5.41) is 0. The van der Waals surface area contributed by atoms with Gasteiger partial charge in [-0.1, -0.05) is 96.6 Å². The SMILES string of the molecule is Cc1ccc(N(c2ccc(C=C(c3ccccc3)c3ccccc3)cc2)c2ccc(C)c(C)c2)cc1. The minimum atomic E-state index is 1.14. The van der Waals surface area contributed by atoms with Gasteiger partial charge in [-0.2, -0.15) is 0 Å². The fraction of sp³-hybridized carbons (Fsp3) is 0.0857. The van der Waals surface area contributed by atoms with Crippen LogP contribution >= 0.6 is 0 Å². The summed E-state index contributed by atoms with van der Waals surface area (Å²) in [5.41, 5.74) is 12.1. The average molecular weight is 466 g/mol. The molecular weight excluding hydrogens is 434 g/mol. The average Bonchev–Trinajstić information content (AvgIpc) is 2.92. The molecule has 0 saturated heterocycles. The van der Waals surface area contributed by atoms with Gasteiger partial charge in [0.2, 0.25) is 0 Å². The number of benzene rings is 5.